The highest BCUT2D eigenvalue weighted by atomic mass is 16.2. The van der Waals surface area contributed by atoms with E-state index in [0.717, 1.165) is 4.90 Å². The van der Waals surface area contributed by atoms with E-state index in [2.05, 4.69) is 9.97 Å². The number of nitrogens with zero attached hydrogens (tertiary/aromatic N) is 2. The van der Waals surface area contributed by atoms with Gasteiger partial charge in [0.1, 0.15) is 5.82 Å². The summed E-state index contributed by atoms with van der Waals surface area (Å²) in [5.41, 5.74) is 6.83. The zero-order valence-electron chi connectivity index (χ0n) is 9.38. The highest BCUT2D eigenvalue weighted by Gasteiger charge is 2.35. The maximum absolute atomic E-state index is 12.1. The number of imide groups is 1. The predicted octanol–water partition coefficient (Wildman–Crippen LogP) is 0.788. The Balaban J connectivity index is 1.97. The summed E-state index contributed by atoms with van der Waals surface area (Å²) in [5, 5.41) is 0. The quantitative estimate of drug-likeness (QED) is 0.601. The minimum absolute atomic E-state index is 0.138. The summed E-state index contributed by atoms with van der Waals surface area (Å²) in [7, 11) is 0. The number of aromatic nitrogens is 2. The van der Waals surface area contributed by atoms with Crippen LogP contribution in [0, 0.1) is 0 Å². The number of H-pyrrole nitrogens is 1. The number of amides is 2. The first-order chi connectivity index (χ1) is 8.66. The zero-order chi connectivity index (χ0) is 12.7. The standard InChI is InChI=1S/C12H10N4O2/c13-7-1-2-8-9(5-7)12(18)16(11(8)17)6-10-14-3-4-15-10/h1-5H,6,13H2,(H,14,15). The van der Waals surface area contributed by atoms with Crippen LogP contribution in [-0.4, -0.2) is 26.7 Å². The van der Waals surface area contributed by atoms with Crippen molar-refractivity contribution < 1.29 is 9.59 Å². The largest absolute Gasteiger partial charge is 0.399 e. The number of nitrogens with one attached hydrogen (secondary N) is 1. The first kappa shape index (κ1) is 10.5. The van der Waals surface area contributed by atoms with Gasteiger partial charge in [0.2, 0.25) is 0 Å². The lowest BCUT2D eigenvalue weighted by atomic mass is 10.1. The molecule has 90 valence electrons. The second-order valence-electron chi connectivity index (χ2n) is 4.04. The highest BCUT2D eigenvalue weighted by Crippen LogP contribution is 2.25. The number of nitrogens with two attached hydrogens (primary N) is 1. The molecule has 2 heterocycles. The minimum atomic E-state index is -0.335. The number of benzene rings is 1. The molecule has 3 N–H and O–H groups in total. The van der Waals surface area contributed by atoms with Gasteiger partial charge in [-0.3, -0.25) is 14.5 Å². The molecule has 0 bridgehead atoms. The van der Waals surface area contributed by atoms with Gasteiger partial charge in [0.05, 0.1) is 17.7 Å². The molecule has 18 heavy (non-hydrogen) atoms. The van der Waals surface area contributed by atoms with E-state index < -0.39 is 0 Å². The lowest BCUT2D eigenvalue weighted by Gasteiger charge is -2.11. The van der Waals surface area contributed by atoms with Crippen LogP contribution in [0.1, 0.15) is 26.5 Å². The molecule has 0 unspecified atom stereocenters. The molecule has 0 radical (unpaired) electrons. The molecule has 0 spiro atoms. The number of nitrogen functional groups attached to an aromatic ring is 1. The van der Waals surface area contributed by atoms with Crippen molar-refractivity contribution in [3.05, 3.63) is 47.5 Å². The van der Waals surface area contributed by atoms with Crippen LogP contribution in [0.25, 0.3) is 0 Å². The normalized spacial score (nSPS) is 14.1. The van der Waals surface area contributed by atoms with E-state index in [0.29, 0.717) is 22.6 Å². The fourth-order valence-electron chi connectivity index (χ4n) is 1.99. The van der Waals surface area contributed by atoms with Crippen LogP contribution >= 0.6 is 0 Å². The third-order valence-electron chi connectivity index (χ3n) is 2.86. The molecule has 1 aliphatic rings. The van der Waals surface area contributed by atoms with Crippen molar-refractivity contribution in [1.82, 2.24) is 14.9 Å². The molecule has 2 aromatic rings. The summed E-state index contributed by atoms with van der Waals surface area (Å²) in [4.78, 5) is 32.2. The fraction of sp³-hybridized carbons (Fsp3) is 0.0833. The molecule has 2 amide bonds. The first-order valence-corrected chi connectivity index (χ1v) is 5.41. The molecular formula is C12H10N4O2. The molecule has 1 aromatic carbocycles. The maximum atomic E-state index is 12.1. The van der Waals surface area contributed by atoms with Gasteiger partial charge in [-0.15, -0.1) is 0 Å². The summed E-state index contributed by atoms with van der Waals surface area (Å²) in [6, 6.07) is 4.71. The maximum Gasteiger partial charge on any atom is 0.262 e. The Labute approximate surface area is 102 Å². The Morgan fingerprint density at radius 3 is 2.72 bits per heavy atom. The number of hydrogen-bond donors (Lipinski definition) is 2. The van der Waals surface area contributed by atoms with Gasteiger partial charge >= 0.3 is 0 Å². The Kier molecular flexibility index (Phi) is 2.16. The van der Waals surface area contributed by atoms with Crippen LogP contribution in [0.3, 0.4) is 0 Å². The third-order valence-corrected chi connectivity index (χ3v) is 2.86. The van der Waals surface area contributed by atoms with E-state index in [-0.39, 0.29) is 18.4 Å². The lowest BCUT2D eigenvalue weighted by molar-refractivity contribution is 0.0638. The van der Waals surface area contributed by atoms with Gasteiger partial charge in [0, 0.05) is 18.1 Å². The van der Waals surface area contributed by atoms with Crippen LogP contribution in [0.2, 0.25) is 0 Å². The second kappa shape index (κ2) is 3.69. The van der Waals surface area contributed by atoms with Crippen LogP contribution in [0.4, 0.5) is 5.69 Å². The molecular weight excluding hydrogens is 232 g/mol. The summed E-state index contributed by atoms with van der Waals surface area (Å²) in [5.74, 6) is -0.0809. The summed E-state index contributed by atoms with van der Waals surface area (Å²) in [6.07, 6.45) is 3.22. The van der Waals surface area contributed by atoms with Crippen molar-refractivity contribution >= 4 is 17.5 Å². The molecule has 0 aliphatic carbocycles. The second-order valence-corrected chi connectivity index (χ2v) is 4.04. The molecule has 1 aliphatic heterocycles. The molecule has 0 fully saturated rings. The van der Waals surface area contributed by atoms with Crippen molar-refractivity contribution in [1.29, 1.82) is 0 Å². The lowest BCUT2D eigenvalue weighted by Crippen LogP contribution is -2.29. The van der Waals surface area contributed by atoms with Gasteiger partial charge in [0.15, 0.2) is 0 Å². The monoisotopic (exact) mass is 242 g/mol. The number of rotatable bonds is 2. The van der Waals surface area contributed by atoms with E-state index >= 15 is 0 Å². The molecule has 1 aromatic heterocycles. The molecule has 6 heteroatoms. The Morgan fingerprint density at radius 2 is 2.00 bits per heavy atom. The molecule has 0 saturated carbocycles. The smallest absolute Gasteiger partial charge is 0.262 e. The number of hydrogen-bond acceptors (Lipinski definition) is 4. The Morgan fingerprint density at radius 1 is 1.22 bits per heavy atom. The van der Waals surface area contributed by atoms with E-state index in [1.165, 1.54) is 6.07 Å². The highest BCUT2D eigenvalue weighted by molar-refractivity contribution is 6.21. The third kappa shape index (κ3) is 1.46. The van der Waals surface area contributed by atoms with Crippen molar-refractivity contribution in [2.24, 2.45) is 0 Å². The van der Waals surface area contributed by atoms with Gasteiger partial charge in [-0.2, -0.15) is 0 Å². The number of carbonyl (C=O) groups excluding carboxylic acids is 2. The van der Waals surface area contributed by atoms with E-state index in [9.17, 15) is 9.59 Å². The Bertz CT molecular complexity index is 634. The van der Waals surface area contributed by atoms with Crippen molar-refractivity contribution in [3.63, 3.8) is 0 Å². The van der Waals surface area contributed by atoms with Crippen LogP contribution < -0.4 is 5.73 Å². The average Bonchev–Trinajstić information content (AvgIpc) is 2.93. The SMILES string of the molecule is Nc1ccc2c(c1)C(=O)N(Cc1ncc[nH]1)C2=O. The van der Waals surface area contributed by atoms with Crippen molar-refractivity contribution in [2.75, 3.05) is 5.73 Å². The van der Waals surface area contributed by atoms with Gasteiger partial charge in [-0.1, -0.05) is 0 Å². The van der Waals surface area contributed by atoms with E-state index in [4.69, 9.17) is 5.73 Å². The summed E-state index contributed by atoms with van der Waals surface area (Å²) < 4.78 is 0. The van der Waals surface area contributed by atoms with Crippen molar-refractivity contribution in [3.8, 4) is 0 Å². The number of anilines is 1. The van der Waals surface area contributed by atoms with Crippen LogP contribution in [-0.2, 0) is 6.54 Å². The summed E-state index contributed by atoms with van der Waals surface area (Å²) in [6.45, 7) is 0.138. The average molecular weight is 242 g/mol. The number of carbonyl (C=O) groups is 2. The van der Waals surface area contributed by atoms with Gasteiger partial charge < -0.3 is 10.7 Å². The molecule has 0 saturated heterocycles. The van der Waals surface area contributed by atoms with Crippen LogP contribution in [0.5, 0.6) is 0 Å². The van der Waals surface area contributed by atoms with Crippen LogP contribution in [0.15, 0.2) is 30.6 Å². The summed E-state index contributed by atoms with van der Waals surface area (Å²) >= 11 is 0. The number of aromatic amines is 1. The van der Waals surface area contributed by atoms with E-state index in [1.54, 1.807) is 24.5 Å². The first-order valence-electron chi connectivity index (χ1n) is 5.41. The number of fused-ring (bicyclic) bond motifs is 1. The Hall–Kier alpha value is -2.63. The fourth-order valence-corrected chi connectivity index (χ4v) is 1.99. The molecule has 0 atom stereocenters. The van der Waals surface area contributed by atoms with E-state index in [1.807, 2.05) is 0 Å². The predicted molar refractivity (Wildman–Crippen MR) is 63.6 cm³/mol. The van der Waals surface area contributed by atoms with Crippen molar-refractivity contribution in [2.45, 2.75) is 6.54 Å². The topological polar surface area (TPSA) is 92.1 Å². The van der Waals surface area contributed by atoms with Gasteiger partial charge in [-0.25, -0.2) is 4.98 Å². The van der Waals surface area contributed by atoms with Gasteiger partial charge in [0.25, 0.3) is 11.8 Å². The van der Waals surface area contributed by atoms with Gasteiger partial charge in [-0.05, 0) is 18.2 Å². The minimum Gasteiger partial charge on any atom is -0.399 e. The molecule has 3 rings (SSSR count). The number of imidazole rings is 1. The molecule has 6 nitrogen and oxygen atoms in total. The zero-order valence-corrected chi connectivity index (χ0v) is 9.38.